The first-order chi connectivity index (χ1) is 11.4. The predicted molar refractivity (Wildman–Crippen MR) is 89.2 cm³/mol. The lowest BCUT2D eigenvalue weighted by Gasteiger charge is -2.22. The molecule has 0 saturated carbocycles. The van der Waals surface area contributed by atoms with Crippen LogP contribution in [0.5, 0.6) is 0 Å². The molecule has 1 aliphatic carbocycles. The number of benzene rings is 1. The van der Waals surface area contributed by atoms with Gasteiger partial charge in [0.2, 0.25) is 5.91 Å². The number of hydrogen-bond donors (Lipinski definition) is 2. The summed E-state index contributed by atoms with van der Waals surface area (Å²) < 4.78 is 0. The number of aryl methyl sites for hydroxylation is 1. The van der Waals surface area contributed by atoms with Crippen molar-refractivity contribution in [3.05, 3.63) is 35.4 Å². The summed E-state index contributed by atoms with van der Waals surface area (Å²) in [6.07, 6.45) is 2.15. The maximum Gasteiger partial charge on any atom is 0.325 e. The predicted octanol–water partition coefficient (Wildman–Crippen LogP) is 1.54. The van der Waals surface area contributed by atoms with Gasteiger partial charge in [-0.15, -0.1) is 0 Å². The number of nitrogens with one attached hydrogen (secondary N) is 2. The molecule has 1 unspecified atom stereocenters. The summed E-state index contributed by atoms with van der Waals surface area (Å²) in [6, 6.07) is 7.17. The van der Waals surface area contributed by atoms with Crippen LogP contribution in [0.25, 0.3) is 0 Å². The highest BCUT2D eigenvalue weighted by atomic mass is 16.2. The van der Waals surface area contributed by atoms with Crippen molar-refractivity contribution in [3.8, 4) is 0 Å². The molecule has 2 aliphatic rings. The Balaban J connectivity index is 1.71. The topological polar surface area (TPSA) is 78.5 Å². The minimum Gasteiger partial charge on any atom is -0.355 e. The Kier molecular flexibility index (Phi) is 4.30. The fourth-order valence-electron chi connectivity index (χ4n) is 3.43. The summed E-state index contributed by atoms with van der Waals surface area (Å²) in [6.45, 7) is 4.47. The minimum atomic E-state index is -0.994. The number of urea groups is 1. The third kappa shape index (κ3) is 2.77. The third-order valence-corrected chi connectivity index (χ3v) is 4.77. The molecule has 1 spiro atoms. The van der Waals surface area contributed by atoms with Crippen LogP contribution in [0.4, 0.5) is 4.79 Å². The van der Waals surface area contributed by atoms with Crippen LogP contribution < -0.4 is 10.6 Å². The van der Waals surface area contributed by atoms with Crippen LogP contribution in [0.2, 0.25) is 0 Å². The standard InChI is InChI=1S/C18H23N3O3/c1-12(2)8-10-19-15(22)11-21-16(23)18(20-17(21)24)9-7-13-5-3-4-6-14(13)18/h3-6,12H,7-11H2,1-2H3,(H,19,22)(H,20,24). The maximum atomic E-state index is 12.9. The molecule has 6 heteroatoms. The monoisotopic (exact) mass is 329 g/mol. The van der Waals surface area contributed by atoms with Gasteiger partial charge in [0.05, 0.1) is 0 Å². The van der Waals surface area contributed by atoms with E-state index in [1.807, 2.05) is 24.3 Å². The molecule has 24 heavy (non-hydrogen) atoms. The van der Waals surface area contributed by atoms with Crippen molar-refractivity contribution in [2.24, 2.45) is 5.92 Å². The van der Waals surface area contributed by atoms with Crippen molar-refractivity contribution in [1.29, 1.82) is 0 Å². The van der Waals surface area contributed by atoms with Crippen molar-refractivity contribution in [2.45, 2.75) is 38.6 Å². The number of hydrogen-bond acceptors (Lipinski definition) is 3. The Labute approximate surface area is 141 Å². The summed E-state index contributed by atoms with van der Waals surface area (Å²) in [4.78, 5) is 38.2. The van der Waals surface area contributed by atoms with E-state index in [0.29, 0.717) is 18.9 Å². The highest BCUT2D eigenvalue weighted by molar-refractivity contribution is 6.09. The second kappa shape index (κ2) is 6.26. The van der Waals surface area contributed by atoms with Crippen molar-refractivity contribution in [3.63, 3.8) is 0 Å². The largest absolute Gasteiger partial charge is 0.355 e. The van der Waals surface area contributed by atoms with Gasteiger partial charge in [0.15, 0.2) is 0 Å². The van der Waals surface area contributed by atoms with Gasteiger partial charge >= 0.3 is 6.03 Å². The van der Waals surface area contributed by atoms with Crippen molar-refractivity contribution in [1.82, 2.24) is 15.5 Å². The number of carbonyl (C=O) groups excluding carboxylic acids is 3. The lowest BCUT2D eigenvalue weighted by atomic mass is 9.92. The average Bonchev–Trinajstić information content (AvgIpc) is 3.02. The Morgan fingerprint density at radius 2 is 2.08 bits per heavy atom. The maximum absolute atomic E-state index is 12.9. The first-order valence-electron chi connectivity index (χ1n) is 8.43. The van der Waals surface area contributed by atoms with Crippen molar-refractivity contribution < 1.29 is 14.4 Å². The molecule has 128 valence electrons. The smallest absolute Gasteiger partial charge is 0.325 e. The van der Waals surface area contributed by atoms with Gasteiger partial charge in [0.25, 0.3) is 5.91 Å². The van der Waals surface area contributed by atoms with Crippen LogP contribution in [0.1, 0.15) is 37.8 Å². The van der Waals surface area contributed by atoms with E-state index < -0.39 is 11.6 Å². The zero-order valence-electron chi connectivity index (χ0n) is 14.1. The highest BCUT2D eigenvalue weighted by Crippen LogP contribution is 2.41. The molecule has 0 aromatic heterocycles. The normalized spacial score (nSPS) is 22.2. The van der Waals surface area contributed by atoms with E-state index in [9.17, 15) is 14.4 Å². The van der Waals surface area contributed by atoms with E-state index in [4.69, 9.17) is 0 Å². The highest BCUT2D eigenvalue weighted by Gasteiger charge is 2.55. The summed E-state index contributed by atoms with van der Waals surface area (Å²) in [7, 11) is 0. The summed E-state index contributed by atoms with van der Waals surface area (Å²) in [5.74, 6) is -0.140. The van der Waals surface area contributed by atoms with Crippen molar-refractivity contribution in [2.75, 3.05) is 13.1 Å². The molecule has 1 saturated heterocycles. The zero-order valence-corrected chi connectivity index (χ0v) is 14.1. The van der Waals surface area contributed by atoms with Gasteiger partial charge in [-0.25, -0.2) is 4.79 Å². The third-order valence-electron chi connectivity index (χ3n) is 4.77. The van der Waals surface area contributed by atoms with Gasteiger partial charge in [-0.1, -0.05) is 38.1 Å². The molecule has 1 heterocycles. The number of nitrogens with zero attached hydrogens (tertiary/aromatic N) is 1. The van der Waals surface area contributed by atoms with Gasteiger partial charge in [0.1, 0.15) is 12.1 Å². The molecule has 1 fully saturated rings. The summed E-state index contributed by atoms with van der Waals surface area (Å²) in [5.41, 5.74) is 0.937. The van der Waals surface area contributed by atoms with Gasteiger partial charge in [-0.2, -0.15) is 0 Å². The van der Waals surface area contributed by atoms with E-state index in [1.54, 1.807) is 0 Å². The number of amides is 4. The van der Waals surface area contributed by atoms with Gasteiger partial charge in [-0.3, -0.25) is 14.5 Å². The fourth-order valence-corrected chi connectivity index (χ4v) is 3.43. The first kappa shape index (κ1) is 16.5. The Morgan fingerprint density at radius 1 is 1.33 bits per heavy atom. The van der Waals surface area contributed by atoms with E-state index >= 15 is 0 Å². The van der Waals surface area contributed by atoms with Crippen LogP contribution in [-0.4, -0.2) is 35.8 Å². The van der Waals surface area contributed by atoms with Crippen LogP contribution in [-0.2, 0) is 21.5 Å². The quantitative estimate of drug-likeness (QED) is 0.804. The van der Waals surface area contributed by atoms with Crippen LogP contribution in [0.3, 0.4) is 0 Å². The average molecular weight is 329 g/mol. The second-order valence-electron chi connectivity index (χ2n) is 6.92. The molecule has 0 radical (unpaired) electrons. The Morgan fingerprint density at radius 3 is 2.83 bits per heavy atom. The lowest BCUT2D eigenvalue weighted by Crippen LogP contribution is -2.44. The van der Waals surface area contributed by atoms with E-state index in [0.717, 1.165) is 28.9 Å². The SMILES string of the molecule is CC(C)CCNC(=O)CN1C(=O)NC2(CCc3ccccc32)C1=O. The number of fused-ring (bicyclic) bond motifs is 2. The fraction of sp³-hybridized carbons (Fsp3) is 0.500. The second-order valence-corrected chi connectivity index (χ2v) is 6.92. The van der Waals surface area contributed by atoms with E-state index in [1.165, 1.54) is 0 Å². The molecule has 3 rings (SSSR count). The molecule has 0 bridgehead atoms. The minimum absolute atomic E-state index is 0.229. The van der Waals surface area contributed by atoms with Crippen LogP contribution in [0.15, 0.2) is 24.3 Å². The molecular formula is C18H23N3O3. The van der Waals surface area contributed by atoms with E-state index in [-0.39, 0.29) is 18.4 Å². The number of rotatable bonds is 5. The molecule has 1 aromatic rings. The van der Waals surface area contributed by atoms with Gasteiger partial charge in [0, 0.05) is 6.54 Å². The summed E-state index contributed by atoms with van der Waals surface area (Å²) in [5, 5.41) is 5.59. The Bertz CT molecular complexity index is 686. The molecular weight excluding hydrogens is 306 g/mol. The van der Waals surface area contributed by atoms with Gasteiger partial charge in [-0.05, 0) is 36.3 Å². The lowest BCUT2D eigenvalue weighted by molar-refractivity contribution is -0.135. The molecule has 6 nitrogen and oxygen atoms in total. The molecule has 1 aliphatic heterocycles. The molecule has 2 N–H and O–H groups in total. The van der Waals surface area contributed by atoms with Gasteiger partial charge < -0.3 is 10.6 Å². The zero-order chi connectivity index (χ0) is 17.3. The van der Waals surface area contributed by atoms with Crippen LogP contribution in [0, 0.1) is 5.92 Å². The summed E-state index contributed by atoms with van der Waals surface area (Å²) >= 11 is 0. The molecule has 1 aromatic carbocycles. The van der Waals surface area contributed by atoms with Crippen molar-refractivity contribution >= 4 is 17.8 Å². The van der Waals surface area contributed by atoms with Crippen LogP contribution >= 0.6 is 0 Å². The first-order valence-corrected chi connectivity index (χ1v) is 8.43. The number of carbonyl (C=O) groups is 3. The number of imide groups is 1. The Hall–Kier alpha value is -2.37. The van der Waals surface area contributed by atoms with E-state index in [2.05, 4.69) is 24.5 Å². The molecule has 1 atom stereocenters. The molecule has 4 amide bonds.